The van der Waals surface area contributed by atoms with E-state index < -0.39 is 0 Å². The number of carbonyl (C=O) groups excluding carboxylic acids is 1. The topological polar surface area (TPSA) is 38.3 Å². The lowest BCUT2D eigenvalue weighted by Gasteiger charge is -2.23. The molecule has 0 fully saturated rings. The first kappa shape index (κ1) is 15.8. The van der Waals surface area contributed by atoms with E-state index in [-0.39, 0.29) is 11.5 Å². The second-order valence-corrected chi connectivity index (χ2v) is 5.99. The summed E-state index contributed by atoms with van der Waals surface area (Å²) in [5.74, 6) is 0.492. The molecule has 0 aliphatic carbocycles. The first-order chi connectivity index (χ1) is 10.4. The van der Waals surface area contributed by atoms with E-state index >= 15 is 0 Å². The maximum atomic E-state index is 12.3. The van der Waals surface area contributed by atoms with Gasteiger partial charge in [0.05, 0.1) is 5.69 Å². The van der Waals surface area contributed by atoms with E-state index in [2.05, 4.69) is 11.9 Å². The Morgan fingerprint density at radius 3 is 2.32 bits per heavy atom. The Morgan fingerprint density at radius 2 is 1.73 bits per heavy atom. The fraction of sp³-hybridized carbons (Fsp3) is 0.211. The minimum atomic E-state index is -0.327. The van der Waals surface area contributed by atoms with Crippen molar-refractivity contribution in [3.63, 3.8) is 0 Å². The molecule has 0 heterocycles. The molecule has 0 bridgehead atoms. The molecule has 22 heavy (non-hydrogen) atoms. The lowest BCUT2D eigenvalue weighted by molar-refractivity contribution is 0.102. The number of carbonyl (C=O) groups is 1. The number of amides is 1. The summed E-state index contributed by atoms with van der Waals surface area (Å²) in [7, 11) is 0. The van der Waals surface area contributed by atoms with Gasteiger partial charge in [-0.05, 0) is 50.6 Å². The molecule has 2 aromatic carbocycles. The zero-order valence-corrected chi connectivity index (χ0v) is 13.2. The normalized spacial score (nSPS) is 10.9. The first-order valence-electron chi connectivity index (χ1n) is 7.21. The Hall–Kier alpha value is -2.55. The SMILES string of the molecule is C=Cc1ccc(C(=O)Nc2ccccc2OC(C)(C)C)cc1. The van der Waals surface area contributed by atoms with Gasteiger partial charge in [-0.2, -0.15) is 0 Å². The molecule has 0 aromatic heterocycles. The van der Waals surface area contributed by atoms with E-state index in [4.69, 9.17) is 4.74 Å². The predicted molar refractivity (Wildman–Crippen MR) is 91.3 cm³/mol. The quantitative estimate of drug-likeness (QED) is 0.883. The lowest BCUT2D eigenvalue weighted by atomic mass is 10.1. The van der Waals surface area contributed by atoms with Crippen molar-refractivity contribution in [1.29, 1.82) is 0 Å². The fourth-order valence-corrected chi connectivity index (χ4v) is 1.95. The fourth-order valence-electron chi connectivity index (χ4n) is 1.95. The van der Waals surface area contributed by atoms with Crippen molar-refractivity contribution in [2.45, 2.75) is 26.4 Å². The molecular weight excluding hydrogens is 274 g/mol. The zero-order valence-electron chi connectivity index (χ0n) is 13.2. The zero-order chi connectivity index (χ0) is 16.2. The van der Waals surface area contributed by atoms with Crippen LogP contribution in [0.3, 0.4) is 0 Å². The standard InChI is InChI=1S/C19H21NO2/c1-5-14-10-12-15(13-11-14)18(21)20-16-8-6-7-9-17(16)22-19(2,3)4/h5-13H,1H2,2-4H3,(H,20,21). The van der Waals surface area contributed by atoms with Crippen LogP contribution in [0, 0.1) is 0 Å². The third kappa shape index (κ3) is 4.22. The highest BCUT2D eigenvalue weighted by Crippen LogP contribution is 2.28. The summed E-state index contributed by atoms with van der Waals surface area (Å²) in [6, 6.07) is 14.7. The van der Waals surface area contributed by atoms with Crippen LogP contribution >= 0.6 is 0 Å². The number of para-hydroxylation sites is 2. The van der Waals surface area contributed by atoms with Crippen LogP contribution in [0.2, 0.25) is 0 Å². The number of benzene rings is 2. The number of ether oxygens (including phenoxy) is 1. The molecule has 114 valence electrons. The summed E-state index contributed by atoms with van der Waals surface area (Å²) in [6.07, 6.45) is 1.74. The van der Waals surface area contributed by atoms with Crippen LogP contribution in [0.5, 0.6) is 5.75 Å². The van der Waals surface area contributed by atoms with Gasteiger partial charge in [0.1, 0.15) is 11.4 Å². The van der Waals surface area contributed by atoms with Gasteiger partial charge in [0.25, 0.3) is 5.91 Å². The predicted octanol–water partition coefficient (Wildman–Crippen LogP) is 4.76. The number of hydrogen-bond donors (Lipinski definition) is 1. The van der Waals surface area contributed by atoms with Gasteiger partial charge < -0.3 is 10.1 Å². The van der Waals surface area contributed by atoms with E-state index in [1.807, 2.05) is 57.2 Å². The summed E-state index contributed by atoms with van der Waals surface area (Å²) >= 11 is 0. The van der Waals surface area contributed by atoms with Crippen molar-refractivity contribution < 1.29 is 9.53 Å². The smallest absolute Gasteiger partial charge is 0.255 e. The molecular formula is C19H21NO2. The molecule has 0 saturated heterocycles. The molecule has 3 heteroatoms. The van der Waals surface area contributed by atoms with Crippen LogP contribution < -0.4 is 10.1 Å². The molecule has 0 atom stereocenters. The minimum Gasteiger partial charge on any atom is -0.486 e. The molecule has 0 aliphatic heterocycles. The minimum absolute atomic E-state index is 0.166. The van der Waals surface area contributed by atoms with E-state index in [0.717, 1.165) is 5.56 Å². The van der Waals surface area contributed by atoms with Crippen molar-refractivity contribution >= 4 is 17.7 Å². The van der Waals surface area contributed by atoms with Gasteiger partial charge >= 0.3 is 0 Å². The lowest BCUT2D eigenvalue weighted by Crippen LogP contribution is -2.24. The second kappa shape index (κ2) is 6.48. The van der Waals surface area contributed by atoms with E-state index in [9.17, 15) is 4.79 Å². The second-order valence-electron chi connectivity index (χ2n) is 5.99. The van der Waals surface area contributed by atoms with Crippen LogP contribution in [0.4, 0.5) is 5.69 Å². The van der Waals surface area contributed by atoms with Crippen LogP contribution in [-0.2, 0) is 0 Å². The van der Waals surface area contributed by atoms with E-state index in [0.29, 0.717) is 17.0 Å². The largest absolute Gasteiger partial charge is 0.486 e. The van der Waals surface area contributed by atoms with Crippen molar-refractivity contribution in [3.8, 4) is 5.75 Å². The monoisotopic (exact) mass is 295 g/mol. The molecule has 2 rings (SSSR count). The molecule has 0 unspecified atom stereocenters. The Kier molecular flexibility index (Phi) is 4.66. The van der Waals surface area contributed by atoms with E-state index in [1.165, 1.54) is 0 Å². The summed E-state index contributed by atoms with van der Waals surface area (Å²) in [6.45, 7) is 9.62. The van der Waals surface area contributed by atoms with Crippen molar-refractivity contribution in [1.82, 2.24) is 0 Å². The molecule has 0 aliphatic rings. The Morgan fingerprint density at radius 1 is 1.09 bits per heavy atom. The summed E-state index contributed by atoms with van der Waals surface area (Å²) in [5.41, 5.74) is 1.91. The summed E-state index contributed by atoms with van der Waals surface area (Å²) < 4.78 is 5.88. The molecule has 0 spiro atoms. The van der Waals surface area contributed by atoms with E-state index in [1.54, 1.807) is 18.2 Å². The maximum Gasteiger partial charge on any atom is 0.255 e. The molecule has 1 N–H and O–H groups in total. The molecule has 3 nitrogen and oxygen atoms in total. The Balaban J connectivity index is 2.19. The third-order valence-corrected chi connectivity index (χ3v) is 2.96. The molecule has 0 saturated carbocycles. The van der Waals surface area contributed by atoms with Crippen LogP contribution in [0.15, 0.2) is 55.1 Å². The van der Waals surface area contributed by atoms with Gasteiger partial charge in [0.15, 0.2) is 0 Å². The third-order valence-electron chi connectivity index (χ3n) is 2.96. The average Bonchev–Trinajstić information content (AvgIpc) is 2.48. The number of anilines is 1. The van der Waals surface area contributed by atoms with Gasteiger partial charge in [-0.25, -0.2) is 0 Å². The number of rotatable bonds is 4. The summed E-state index contributed by atoms with van der Waals surface area (Å²) in [4.78, 5) is 12.3. The van der Waals surface area contributed by atoms with Crippen molar-refractivity contribution in [3.05, 3.63) is 66.2 Å². The van der Waals surface area contributed by atoms with Gasteiger partial charge in [-0.15, -0.1) is 0 Å². The van der Waals surface area contributed by atoms with Crippen LogP contribution in [0.1, 0.15) is 36.7 Å². The maximum absolute atomic E-state index is 12.3. The summed E-state index contributed by atoms with van der Waals surface area (Å²) in [5, 5.41) is 2.90. The Labute approximate surface area is 131 Å². The average molecular weight is 295 g/mol. The van der Waals surface area contributed by atoms with Gasteiger partial charge in [-0.1, -0.05) is 36.9 Å². The van der Waals surface area contributed by atoms with Crippen LogP contribution in [-0.4, -0.2) is 11.5 Å². The van der Waals surface area contributed by atoms with Crippen molar-refractivity contribution in [2.24, 2.45) is 0 Å². The molecule has 2 aromatic rings. The molecule has 1 amide bonds. The highest BCUT2D eigenvalue weighted by Gasteiger charge is 2.16. The Bertz CT molecular complexity index is 667. The van der Waals surface area contributed by atoms with Gasteiger partial charge in [-0.3, -0.25) is 4.79 Å². The number of nitrogens with one attached hydrogen (secondary N) is 1. The highest BCUT2D eigenvalue weighted by molar-refractivity contribution is 6.05. The highest BCUT2D eigenvalue weighted by atomic mass is 16.5. The van der Waals surface area contributed by atoms with Crippen molar-refractivity contribution in [2.75, 3.05) is 5.32 Å². The van der Waals surface area contributed by atoms with Gasteiger partial charge in [0, 0.05) is 5.56 Å². The molecule has 0 radical (unpaired) electrons. The van der Waals surface area contributed by atoms with Gasteiger partial charge in [0.2, 0.25) is 0 Å². The van der Waals surface area contributed by atoms with Crippen LogP contribution in [0.25, 0.3) is 6.08 Å². The first-order valence-corrected chi connectivity index (χ1v) is 7.21. The number of hydrogen-bond acceptors (Lipinski definition) is 2.